The summed E-state index contributed by atoms with van der Waals surface area (Å²) in [5, 5.41) is 6.27. The predicted molar refractivity (Wildman–Crippen MR) is 62.8 cm³/mol. The fraction of sp³-hybridized carbons (Fsp3) is 0.636. The molecule has 4 nitrogen and oxygen atoms in total. The van der Waals surface area contributed by atoms with Crippen molar-refractivity contribution < 1.29 is 0 Å². The zero-order chi connectivity index (χ0) is 10.9. The molecule has 1 rings (SSSR count). The number of hydrogen-bond donors (Lipinski definition) is 2. The van der Waals surface area contributed by atoms with E-state index in [1.54, 1.807) is 0 Å². The molecule has 0 unspecified atom stereocenters. The van der Waals surface area contributed by atoms with Crippen LogP contribution in [-0.4, -0.2) is 23.6 Å². The van der Waals surface area contributed by atoms with Crippen molar-refractivity contribution in [1.29, 1.82) is 0 Å². The quantitative estimate of drug-likeness (QED) is 0.671. The molecule has 4 heteroatoms. The molecule has 0 bridgehead atoms. The van der Waals surface area contributed by atoms with Gasteiger partial charge in [-0.15, -0.1) is 0 Å². The normalized spacial score (nSPS) is 10.3. The smallest absolute Gasteiger partial charge is 0.222 e. The maximum absolute atomic E-state index is 4.15. The van der Waals surface area contributed by atoms with Crippen LogP contribution in [0.5, 0.6) is 0 Å². The van der Waals surface area contributed by atoms with Gasteiger partial charge in [-0.1, -0.05) is 19.8 Å². The lowest BCUT2D eigenvalue weighted by atomic mass is 10.2. The van der Waals surface area contributed by atoms with Crippen molar-refractivity contribution in [2.45, 2.75) is 32.7 Å². The van der Waals surface area contributed by atoms with Gasteiger partial charge in [0.15, 0.2) is 0 Å². The average molecular weight is 208 g/mol. The SMILES string of the molecule is CCCCCNCc1cnc(NC)nc1. The molecule has 0 aromatic carbocycles. The second-order valence-electron chi connectivity index (χ2n) is 3.55. The molecule has 0 radical (unpaired) electrons. The number of rotatable bonds is 7. The Morgan fingerprint density at radius 2 is 1.93 bits per heavy atom. The Kier molecular flexibility index (Phi) is 5.70. The predicted octanol–water partition coefficient (Wildman–Crippen LogP) is 1.80. The van der Waals surface area contributed by atoms with Gasteiger partial charge >= 0.3 is 0 Å². The van der Waals surface area contributed by atoms with E-state index < -0.39 is 0 Å². The standard InChI is InChI=1S/C11H20N4/c1-3-4-5-6-13-7-10-8-14-11(12-2)15-9-10/h8-9,13H,3-7H2,1-2H3,(H,12,14,15). The summed E-state index contributed by atoms with van der Waals surface area (Å²) in [5.74, 6) is 0.671. The minimum atomic E-state index is 0.671. The molecule has 0 saturated heterocycles. The summed E-state index contributed by atoms with van der Waals surface area (Å²) in [6.45, 7) is 4.14. The van der Waals surface area contributed by atoms with E-state index in [9.17, 15) is 0 Å². The first-order chi connectivity index (χ1) is 7.36. The van der Waals surface area contributed by atoms with Crippen LogP contribution in [0, 0.1) is 0 Å². The van der Waals surface area contributed by atoms with E-state index in [1.807, 2.05) is 19.4 Å². The second kappa shape index (κ2) is 7.17. The minimum absolute atomic E-state index is 0.671. The Labute approximate surface area is 91.5 Å². The highest BCUT2D eigenvalue weighted by molar-refractivity contribution is 5.22. The Balaban J connectivity index is 2.20. The number of anilines is 1. The van der Waals surface area contributed by atoms with Crippen LogP contribution in [-0.2, 0) is 6.54 Å². The molecule has 84 valence electrons. The molecular formula is C11H20N4. The van der Waals surface area contributed by atoms with Crippen molar-refractivity contribution in [3.63, 3.8) is 0 Å². The molecule has 0 amide bonds. The number of aromatic nitrogens is 2. The fourth-order valence-electron chi connectivity index (χ4n) is 1.31. The molecule has 2 N–H and O–H groups in total. The van der Waals surface area contributed by atoms with Crippen LogP contribution in [0.4, 0.5) is 5.95 Å². The lowest BCUT2D eigenvalue weighted by Gasteiger charge is -2.04. The van der Waals surface area contributed by atoms with Gasteiger partial charge < -0.3 is 10.6 Å². The third-order valence-electron chi connectivity index (χ3n) is 2.22. The monoisotopic (exact) mass is 208 g/mol. The second-order valence-corrected chi connectivity index (χ2v) is 3.55. The van der Waals surface area contributed by atoms with Gasteiger partial charge in [-0.3, -0.25) is 0 Å². The molecule has 0 aliphatic carbocycles. The van der Waals surface area contributed by atoms with Crippen molar-refractivity contribution in [2.24, 2.45) is 0 Å². The van der Waals surface area contributed by atoms with Crippen LogP contribution in [0.1, 0.15) is 31.7 Å². The third-order valence-corrected chi connectivity index (χ3v) is 2.22. The summed E-state index contributed by atoms with van der Waals surface area (Å²) in [4.78, 5) is 8.30. The van der Waals surface area contributed by atoms with Crippen LogP contribution < -0.4 is 10.6 Å². The molecular weight excluding hydrogens is 188 g/mol. The highest BCUT2D eigenvalue weighted by Crippen LogP contribution is 1.99. The first-order valence-electron chi connectivity index (χ1n) is 5.56. The molecule has 1 aromatic rings. The van der Waals surface area contributed by atoms with E-state index in [0.717, 1.165) is 18.7 Å². The molecule has 1 heterocycles. The third kappa shape index (κ3) is 4.74. The van der Waals surface area contributed by atoms with Crippen LogP contribution in [0.3, 0.4) is 0 Å². The molecule has 0 saturated carbocycles. The van der Waals surface area contributed by atoms with Gasteiger partial charge in [-0.2, -0.15) is 0 Å². The maximum Gasteiger partial charge on any atom is 0.222 e. The Morgan fingerprint density at radius 1 is 1.20 bits per heavy atom. The first kappa shape index (κ1) is 11.9. The lowest BCUT2D eigenvalue weighted by molar-refractivity contribution is 0.615. The summed E-state index contributed by atoms with van der Waals surface area (Å²) in [6, 6.07) is 0. The number of nitrogens with one attached hydrogen (secondary N) is 2. The maximum atomic E-state index is 4.15. The fourth-order valence-corrected chi connectivity index (χ4v) is 1.31. The summed E-state index contributed by atoms with van der Waals surface area (Å²) in [6.07, 6.45) is 7.51. The van der Waals surface area contributed by atoms with Gasteiger partial charge in [0.1, 0.15) is 0 Å². The molecule has 0 aliphatic rings. The molecule has 0 aliphatic heterocycles. The molecule has 0 atom stereocenters. The molecule has 1 aromatic heterocycles. The molecule has 15 heavy (non-hydrogen) atoms. The van der Waals surface area contributed by atoms with Crippen molar-refractivity contribution in [3.05, 3.63) is 18.0 Å². The van der Waals surface area contributed by atoms with Gasteiger partial charge in [0.2, 0.25) is 5.95 Å². The molecule has 0 fully saturated rings. The summed E-state index contributed by atoms with van der Waals surface area (Å²) in [5.41, 5.74) is 1.13. The van der Waals surface area contributed by atoms with E-state index in [0.29, 0.717) is 5.95 Å². The van der Waals surface area contributed by atoms with Gasteiger partial charge in [-0.05, 0) is 13.0 Å². The van der Waals surface area contributed by atoms with Crippen LogP contribution in [0.15, 0.2) is 12.4 Å². The molecule has 0 spiro atoms. The highest BCUT2D eigenvalue weighted by atomic mass is 15.1. The lowest BCUT2D eigenvalue weighted by Crippen LogP contribution is -2.15. The summed E-state index contributed by atoms with van der Waals surface area (Å²) < 4.78 is 0. The zero-order valence-electron chi connectivity index (χ0n) is 9.58. The van der Waals surface area contributed by atoms with Gasteiger partial charge in [0.05, 0.1) is 0 Å². The van der Waals surface area contributed by atoms with Crippen LogP contribution in [0.2, 0.25) is 0 Å². The van der Waals surface area contributed by atoms with E-state index in [4.69, 9.17) is 0 Å². The summed E-state index contributed by atoms with van der Waals surface area (Å²) in [7, 11) is 1.82. The van der Waals surface area contributed by atoms with Gasteiger partial charge in [0, 0.05) is 31.5 Å². The number of unbranched alkanes of at least 4 members (excludes halogenated alkanes) is 2. The topological polar surface area (TPSA) is 49.8 Å². The van der Waals surface area contributed by atoms with Crippen molar-refractivity contribution in [3.8, 4) is 0 Å². The Bertz CT molecular complexity index is 258. The zero-order valence-corrected chi connectivity index (χ0v) is 9.58. The highest BCUT2D eigenvalue weighted by Gasteiger charge is 1.95. The van der Waals surface area contributed by atoms with Gasteiger partial charge in [0.25, 0.3) is 0 Å². The number of hydrogen-bond acceptors (Lipinski definition) is 4. The van der Waals surface area contributed by atoms with E-state index >= 15 is 0 Å². The van der Waals surface area contributed by atoms with Crippen LogP contribution in [0.25, 0.3) is 0 Å². The summed E-state index contributed by atoms with van der Waals surface area (Å²) >= 11 is 0. The average Bonchev–Trinajstić information content (AvgIpc) is 2.30. The Morgan fingerprint density at radius 3 is 2.53 bits per heavy atom. The van der Waals surface area contributed by atoms with Crippen molar-refractivity contribution >= 4 is 5.95 Å². The Hall–Kier alpha value is -1.16. The van der Waals surface area contributed by atoms with E-state index in [2.05, 4.69) is 27.5 Å². The van der Waals surface area contributed by atoms with Crippen molar-refractivity contribution in [2.75, 3.05) is 18.9 Å². The van der Waals surface area contributed by atoms with E-state index in [1.165, 1.54) is 19.3 Å². The van der Waals surface area contributed by atoms with E-state index in [-0.39, 0.29) is 0 Å². The minimum Gasteiger partial charge on any atom is -0.357 e. The van der Waals surface area contributed by atoms with Crippen molar-refractivity contribution in [1.82, 2.24) is 15.3 Å². The first-order valence-corrected chi connectivity index (χ1v) is 5.56. The van der Waals surface area contributed by atoms with Crippen LogP contribution >= 0.6 is 0 Å². The largest absolute Gasteiger partial charge is 0.357 e. The van der Waals surface area contributed by atoms with Gasteiger partial charge in [-0.25, -0.2) is 9.97 Å². The number of nitrogens with zero attached hydrogens (tertiary/aromatic N) is 2.